The van der Waals surface area contributed by atoms with E-state index in [2.05, 4.69) is 16.9 Å². The molecule has 0 spiro atoms. The molecule has 0 saturated heterocycles. The van der Waals surface area contributed by atoms with Crippen LogP contribution in [0.5, 0.6) is 0 Å². The second kappa shape index (κ2) is 7.93. The van der Waals surface area contributed by atoms with Gasteiger partial charge in [-0.3, -0.25) is 0 Å². The average molecular weight is 283 g/mol. The summed E-state index contributed by atoms with van der Waals surface area (Å²) < 4.78 is 30.7. The average Bonchev–Trinajstić information content (AvgIpc) is 2.24. The monoisotopic (exact) mass is 283 g/mol. The van der Waals surface area contributed by atoms with E-state index in [-0.39, 0.29) is 4.99 Å². The fourth-order valence-electron chi connectivity index (χ4n) is 1.02. The maximum absolute atomic E-state index is 11.6. The van der Waals surface area contributed by atoms with Gasteiger partial charge in [0, 0.05) is 26.7 Å². The highest BCUT2D eigenvalue weighted by Crippen LogP contribution is 1.98. The normalized spacial score (nSPS) is 13.9. The van der Waals surface area contributed by atoms with Crippen LogP contribution in [0.25, 0.3) is 0 Å². The summed E-state index contributed by atoms with van der Waals surface area (Å²) in [5.74, 6) is 0. The Bertz CT molecular complexity index is 332. The van der Waals surface area contributed by atoms with Crippen molar-refractivity contribution in [2.24, 2.45) is 5.73 Å². The van der Waals surface area contributed by atoms with Crippen LogP contribution in [0, 0.1) is 0 Å². The molecule has 0 aromatic rings. The van der Waals surface area contributed by atoms with Crippen LogP contribution in [0.3, 0.4) is 0 Å². The Labute approximate surface area is 109 Å². The van der Waals surface area contributed by atoms with E-state index in [4.69, 9.17) is 10.5 Å². The Hall–Kier alpha value is -0.280. The second-order valence-corrected chi connectivity index (χ2v) is 6.34. The maximum Gasteiger partial charge on any atom is 0.220 e. The van der Waals surface area contributed by atoms with Gasteiger partial charge in [-0.1, -0.05) is 12.2 Å². The number of likely N-dealkylation sites (N-methyl/N-ethyl adjacent to an activating group) is 1. The largest absolute Gasteiger partial charge is 0.392 e. The number of nitrogens with one attached hydrogen (secondary N) is 1. The minimum absolute atomic E-state index is 0.0229. The van der Waals surface area contributed by atoms with Gasteiger partial charge in [-0.05, 0) is 14.0 Å². The lowest BCUT2D eigenvalue weighted by Gasteiger charge is -2.17. The van der Waals surface area contributed by atoms with Gasteiger partial charge in [-0.15, -0.1) is 0 Å². The molecule has 3 N–H and O–H groups in total. The number of rotatable bonds is 9. The third-order valence-corrected chi connectivity index (χ3v) is 4.63. The zero-order valence-corrected chi connectivity index (χ0v) is 12.1. The molecule has 1 unspecified atom stereocenters. The Kier molecular flexibility index (Phi) is 7.80. The molecule has 0 aliphatic heterocycles. The topological polar surface area (TPSA) is 84.7 Å². The van der Waals surface area contributed by atoms with E-state index in [1.54, 1.807) is 7.11 Å². The van der Waals surface area contributed by atoms with Crippen molar-refractivity contribution in [2.45, 2.75) is 12.2 Å². The molecule has 0 aliphatic carbocycles. The summed E-state index contributed by atoms with van der Waals surface area (Å²) >= 11 is 4.66. The predicted molar refractivity (Wildman–Crippen MR) is 72.5 cm³/mol. The molecule has 8 heteroatoms. The number of thiocarbonyl (C=S) groups is 1. The number of hydrogen-bond acceptors (Lipinski definition) is 5. The molecule has 0 aromatic carbocycles. The van der Waals surface area contributed by atoms with Gasteiger partial charge in [0.2, 0.25) is 10.0 Å². The molecular formula is C9H21N3O3S2. The summed E-state index contributed by atoms with van der Waals surface area (Å²) in [5.41, 5.74) is 5.30. The zero-order chi connectivity index (χ0) is 13.5. The summed E-state index contributed by atoms with van der Waals surface area (Å²) in [6, 6.07) is 0. The predicted octanol–water partition coefficient (Wildman–Crippen LogP) is -0.841. The molecule has 6 nitrogen and oxygen atoms in total. The van der Waals surface area contributed by atoms with Gasteiger partial charge in [-0.2, -0.15) is 0 Å². The Morgan fingerprint density at radius 3 is 2.59 bits per heavy atom. The van der Waals surface area contributed by atoms with E-state index in [9.17, 15) is 8.42 Å². The van der Waals surface area contributed by atoms with Crippen LogP contribution in [0.1, 0.15) is 6.92 Å². The lowest BCUT2D eigenvalue weighted by Crippen LogP contribution is -2.42. The number of methoxy groups -OCH3 is 1. The fraction of sp³-hybridized carbons (Fsp3) is 0.889. The molecule has 0 radical (unpaired) electrons. The van der Waals surface area contributed by atoms with E-state index in [0.717, 1.165) is 6.54 Å². The van der Waals surface area contributed by atoms with Crippen LogP contribution in [-0.4, -0.2) is 64.0 Å². The van der Waals surface area contributed by atoms with Gasteiger partial charge < -0.3 is 15.4 Å². The molecule has 0 aliphatic rings. The van der Waals surface area contributed by atoms with Crippen molar-refractivity contribution in [1.29, 1.82) is 0 Å². The van der Waals surface area contributed by atoms with E-state index in [1.807, 2.05) is 11.9 Å². The second-order valence-electron chi connectivity index (χ2n) is 3.78. The molecule has 0 amide bonds. The first-order valence-corrected chi connectivity index (χ1v) is 7.22. The summed E-state index contributed by atoms with van der Waals surface area (Å²) in [6.45, 7) is 3.77. The first kappa shape index (κ1) is 16.7. The number of nitrogens with two attached hydrogens (primary N) is 1. The molecule has 0 bridgehead atoms. The number of sulfonamides is 1. The summed E-state index contributed by atoms with van der Waals surface area (Å²) in [5, 5.41) is -0.846. The van der Waals surface area contributed by atoms with Crippen molar-refractivity contribution in [1.82, 2.24) is 9.62 Å². The van der Waals surface area contributed by atoms with Crippen molar-refractivity contribution in [3.63, 3.8) is 0 Å². The van der Waals surface area contributed by atoms with E-state index in [0.29, 0.717) is 19.7 Å². The minimum atomic E-state index is -3.45. The molecule has 0 heterocycles. The minimum Gasteiger partial charge on any atom is -0.392 e. The maximum atomic E-state index is 11.6. The van der Waals surface area contributed by atoms with Crippen LogP contribution in [0.4, 0.5) is 0 Å². The van der Waals surface area contributed by atoms with Crippen molar-refractivity contribution in [2.75, 3.05) is 40.4 Å². The molecule has 102 valence electrons. The molecular weight excluding hydrogens is 262 g/mol. The summed E-state index contributed by atoms with van der Waals surface area (Å²) in [6.07, 6.45) is 0. The van der Waals surface area contributed by atoms with Crippen LogP contribution in [0.15, 0.2) is 0 Å². The van der Waals surface area contributed by atoms with Crippen LogP contribution in [-0.2, 0) is 14.8 Å². The van der Waals surface area contributed by atoms with Crippen molar-refractivity contribution in [3.8, 4) is 0 Å². The van der Waals surface area contributed by atoms with Crippen LogP contribution >= 0.6 is 12.2 Å². The van der Waals surface area contributed by atoms with Crippen molar-refractivity contribution in [3.05, 3.63) is 0 Å². The lowest BCUT2D eigenvalue weighted by atomic mass is 10.5. The van der Waals surface area contributed by atoms with E-state index in [1.165, 1.54) is 6.92 Å². The van der Waals surface area contributed by atoms with Gasteiger partial charge in [0.1, 0.15) is 5.25 Å². The lowest BCUT2D eigenvalue weighted by molar-refractivity contribution is 0.162. The van der Waals surface area contributed by atoms with Gasteiger partial charge >= 0.3 is 0 Å². The first-order valence-electron chi connectivity index (χ1n) is 5.26. The summed E-state index contributed by atoms with van der Waals surface area (Å²) in [4.78, 5) is 1.95. The molecule has 0 saturated carbocycles. The highest BCUT2D eigenvalue weighted by molar-refractivity contribution is 7.93. The number of hydrogen-bond donors (Lipinski definition) is 2. The van der Waals surface area contributed by atoms with E-state index >= 15 is 0 Å². The smallest absolute Gasteiger partial charge is 0.220 e. The first-order chi connectivity index (χ1) is 7.81. The molecule has 1 atom stereocenters. The number of ether oxygens (including phenoxy) is 1. The Balaban J connectivity index is 3.99. The standard InChI is InChI=1S/C9H21N3O3S2/c1-8(9(10)16)17(13,14)11-4-5-12(2)6-7-15-3/h8,11H,4-7H2,1-3H3,(H2,10,16). The Morgan fingerprint density at radius 1 is 1.53 bits per heavy atom. The highest BCUT2D eigenvalue weighted by atomic mass is 32.2. The van der Waals surface area contributed by atoms with Gasteiger partial charge in [0.05, 0.1) is 11.6 Å². The van der Waals surface area contributed by atoms with E-state index < -0.39 is 15.3 Å². The third-order valence-electron chi connectivity index (χ3n) is 2.34. The van der Waals surface area contributed by atoms with Gasteiger partial charge in [0.25, 0.3) is 0 Å². The molecule has 17 heavy (non-hydrogen) atoms. The highest BCUT2D eigenvalue weighted by Gasteiger charge is 2.22. The number of nitrogens with zero attached hydrogens (tertiary/aromatic N) is 1. The Morgan fingerprint density at radius 2 is 2.12 bits per heavy atom. The summed E-state index contributed by atoms with van der Waals surface area (Å²) in [7, 11) is 0.0688. The van der Waals surface area contributed by atoms with Gasteiger partial charge in [0.15, 0.2) is 0 Å². The zero-order valence-electron chi connectivity index (χ0n) is 10.5. The molecule has 0 rings (SSSR count). The van der Waals surface area contributed by atoms with Crippen LogP contribution < -0.4 is 10.5 Å². The third kappa shape index (κ3) is 6.89. The quantitative estimate of drug-likeness (QED) is 0.537. The van der Waals surface area contributed by atoms with Gasteiger partial charge in [-0.25, -0.2) is 13.1 Å². The molecule has 0 aromatic heterocycles. The van der Waals surface area contributed by atoms with Crippen molar-refractivity contribution < 1.29 is 13.2 Å². The van der Waals surface area contributed by atoms with Crippen molar-refractivity contribution >= 4 is 27.2 Å². The fourth-order valence-corrected chi connectivity index (χ4v) is 2.33. The van der Waals surface area contributed by atoms with Crippen LogP contribution in [0.2, 0.25) is 0 Å². The molecule has 0 fully saturated rings. The SMILES string of the molecule is COCCN(C)CCNS(=O)(=O)C(C)C(N)=S.